The first-order chi connectivity index (χ1) is 9.14. The maximum atomic E-state index is 9.65. The molecule has 0 aliphatic carbocycles. The molecule has 5 N–H and O–H groups in total. The summed E-state index contributed by atoms with van der Waals surface area (Å²) >= 11 is 0. The molecule has 0 aliphatic rings. The average Bonchev–Trinajstić information content (AvgIpc) is 2.45. The van der Waals surface area contributed by atoms with Crippen LogP contribution in [-0.2, 0) is 9.47 Å². The van der Waals surface area contributed by atoms with Crippen molar-refractivity contribution in [2.75, 3.05) is 52.9 Å². The Bertz CT molecular complexity index is 188. The molecule has 0 fully saturated rings. The first-order valence-corrected chi connectivity index (χ1v) is 6.41. The molecule has 7 heteroatoms. The monoisotopic (exact) mass is 282 g/mol. The molecule has 7 nitrogen and oxygen atoms in total. The van der Waals surface area contributed by atoms with Crippen LogP contribution in [0.25, 0.3) is 0 Å². The number of aliphatic hydroxyl groups excluding tert-OH is 5. The van der Waals surface area contributed by atoms with Gasteiger partial charge in [-0.05, 0) is 12.8 Å². The van der Waals surface area contributed by atoms with Crippen LogP contribution in [0.4, 0.5) is 0 Å². The third kappa shape index (κ3) is 8.48. The van der Waals surface area contributed by atoms with Crippen LogP contribution >= 0.6 is 0 Å². The molecule has 0 saturated heterocycles. The first-order valence-electron chi connectivity index (χ1n) is 6.41. The molecule has 0 aromatic carbocycles. The quantitative estimate of drug-likeness (QED) is 0.251. The highest BCUT2D eigenvalue weighted by atomic mass is 16.5. The molecule has 0 heterocycles. The van der Waals surface area contributed by atoms with Crippen LogP contribution in [0, 0.1) is 5.41 Å². The highest BCUT2D eigenvalue weighted by Crippen LogP contribution is 2.22. The molecule has 1 atom stereocenters. The van der Waals surface area contributed by atoms with Gasteiger partial charge in [0.25, 0.3) is 0 Å². The standard InChI is InChI=1S/C12H26O7/c13-3-4-18-5-6-19-7-11(17)1-2-12(8-14,9-15)10-16/h11,13-17H,1-10H2. The second kappa shape index (κ2) is 11.5. The maximum absolute atomic E-state index is 9.65. The predicted molar refractivity (Wildman–Crippen MR) is 67.7 cm³/mol. The summed E-state index contributed by atoms with van der Waals surface area (Å²) in [7, 11) is 0. The van der Waals surface area contributed by atoms with Crippen molar-refractivity contribution in [1.82, 2.24) is 0 Å². The van der Waals surface area contributed by atoms with Crippen molar-refractivity contribution < 1.29 is 35.0 Å². The highest BCUT2D eigenvalue weighted by molar-refractivity contribution is 4.78. The van der Waals surface area contributed by atoms with Gasteiger partial charge in [-0.2, -0.15) is 0 Å². The van der Waals surface area contributed by atoms with Gasteiger partial charge in [0.1, 0.15) is 0 Å². The smallest absolute Gasteiger partial charge is 0.0773 e. The van der Waals surface area contributed by atoms with E-state index in [1.54, 1.807) is 0 Å². The first kappa shape index (κ1) is 18.7. The van der Waals surface area contributed by atoms with Crippen LogP contribution in [0.15, 0.2) is 0 Å². The van der Waals surface area contributed by atoms with E-state index in [0.29, 0.717) is 26.1 Å². The summed E-state index contributed by atoms with van der Waals surface area (Å²) in [5.74, 6) is 0. The Labute approximate surface area is 113 Å². The highest BCUT2D eigenvalue weighted by Gasteiger charge is 2.28. The molecule has 0 aromatic rings. The summed E-state index contributed by atoms with van der Waals surface area (Å²) < 4.78 is 10.1. The van der Waals surface area contributed by atoms with Crippen molar-refractivity contribution in [2.24, 2.45) is 5.41 Å². The van der Waals surface area contributed by atoms with Crippen molar-refractivity contribution in [3.63, 3.8) is 0 Å². The zero-order chi connectivity index (χ0) is 14.6. The van der Waals surface area contributed by atoms with Crippen molar-refractivity contribution >= 4 is 0 Å². The second-order valence-corrected chi connectivity index (χ2v) is 4.58. The lowest BCUT2D eigenvalue weighted by Gasteiger charge is -2.28. The number of ether oxygens (including phenoxy) is 2. The summed E-state index contributed by atoms with van der Waals surface area (Å²) in [4.78, 5) is 0. The summed E-state index contributed by atoms with van der Waals surface area (Å²) in [5.41, 5.74) is -0.953. The summed E-state index contributed by atoms with van der Waals surface area (Å²) in [5, 5.41) is 45.5. The van der Waals surface area contributed by atoms with Crippen LogP contribution in [-0.4, -0.2) is 84.5 Å². The molecule has 0 aromatic heterocycles. The van der Waals surface area contributed by atoms with E-state index in [9.17, 15) is 5.11 Å². The predicted octanol–water partition coefficient (Wildman–Crippen LogP) is -1.88. The molecule has 0 radical (unpaired) electrons. The van der Waals surface area contributed by atoms with E-state index < -0.39 is 11.5 Å². The van der Waals surface area contributed by atoms with Gasteiger partial charge in [0.15, 0.2) is 0 Å². The Morgan fingerprint density at radius 1 is 0.842 bits per heavy atom. The number of rotatable bonds is 13. The van der Waals surface area contributed by atoms with Crippen molar-refractivity contribution in [3.05, 3.63) is 0 Å². The van der Waals surface area contributed by atoms with Crippen molar-refractivity contribution in [3.8, 4) is 0 Å². The van der Waals surface area contributed by atoms with Crippen LogP contribution < -0.4 is 0 Å². The molecule has 0 bridgehead atoms. The largest absolute Gasteiger partial charge is 0.396 e. The summed E-state index contributed by atoms with van der Waals surface area (Å²) in [6.45, 7) is 0.0318. The van der Waals surface area contributed by atoms with Crippen LogP contribution in [0.3, 0.4) is 0 Å². The molecule has 0 aliphatic heterocycles. The van der Waals surface area contributed by atoms with Gasteiger partial charge in [-0.1, -0.05) is 0 Å². The number of hydrogen-bond donors (Lipinski definition) is 5. The van der Waals surface area contributed by atoms with Crippen LogP contribution in [0.1, 0.15) is 12.8 Å². The Kier molecular flexibility index (Phi) is 11.4. The molecular formula is C12H26O7. The number of aliphatic hydroxyl groups is 5. The average molecular weight is 282 g/mol. The zero-order valence-corrected chi connectivity index (χ0v) is 11.2. The van der Waals surface area contributed by atoms with E-state index in [2.05, 4.69) is 0 Å². The fourth-order valence-electron chi connectivity index (χ4n) is 1.45. The van der Waals surface area contributed by atoms with Crippen LogP contribution in [0.5, 0.6) is 0 Å². The Balaban J connectivity index is 3.65. The molecule has 1 unspecified atom stereocenters. The van der Waals surface area contributed by atoms with Crippen LogP contribution in [0.2, 0.25) is 0 Å². The normalized spacial score (nSPS) is 13.7. The van der Waals surface area contributed by atoms with E-state index in [1.165, 1.54) is 0 Å². The molecule has 0 amide bonds. The van der Waals surface area contributed by atoms with Gasteiger partial charge in [0, 0.05) is 5.41 Å². The molecule has 0 spiro atoms. The topological polar surface area (TPSA) is 120 Å². The van der Waals surface area contributed by atoms with E-state index in [0.717, 1.165) is 0 Å². The SMILES string of the molecule is OCCOCCOCC(O)CCC(CO)(CO)CO. The van der Waals surface area contributed by atoms with E-state index >= 15 is 0 Å². The molecule has 116 valence electrons. The van der Waals surface area contributed by atoms with Gasteiger partial charge in [-0.3, -0.25) is 0 Å². The second-order valence-electron chi connectivity index (χ2n) is 4.58. The number of hydrogen-bond acceptors (Lipinski definition) is 7. The molecule has 19 heavy (non-hydrogen) atoms. The minimum Gasteiger partial charge on any atom is -0.396 e. The minimum absolute atomic E-state index is 0.0335. The minimum atomic E-state index is -0.953. The van der Waals surface area contributed by atoms with Gasteiger partial charge in [-0.15, -0.1) is 0 Å². The van der Waals surface area contributed by atoms with Gasteiger partial charge in [0.2, 0.25) is 0 Å². The Morgan fingerprint density at radius 2 is 1.42 bits per heavy atom. The van der Waals surface area contributed by atoms with Gasteiger partial charge in [-0.25, -0.2) is 0 Å². The van der Waals surface area contributed by atoms with E-state index in [-0.39, 0.29) is 39.6 Å². The molecule has 0 saturated carbocycles. The lowest BCUT2D eigenvalue weighted by atomic mass is 9.85. The van der Waals surface area contributed by atoms with Gasteiger partial charge < -0.3 is 35.0 Å². The fourth-order valence-corrected chi connectivity index (χ4v) is 1.45. The summed E-state index contributed by atoms with van der Waals surface area (Å²) in [6, 6.07) is 0. The fraction of sp³-hybridized carbons (Fsp3) is 1.00. The third-order valence-corrected chi connectivity index (χ3v) is 2.93. The maximum Gasteiger partial charge on any atom is 0.0773 e. The van der Waals surface area contributed by atoms with Gasteiger partial charge >= 0.3 is 0 Å². The molecular weight excluding hydrogens is 256 g/mol. The van der Waals surface area contributed by atoms with Crippen molar-refractivity contribution in [1.29, 1.82) is 0 Å². The lowest BCUT2D eigenvalue weighted by molar-refractivity contribution is -0.0292. The van der Waals surface area contributed by atoms with Gasteiger partial charge in [0.05, 0.1) is 59.0 Å². The van der Waals surface area contributed by atoms with Crippen molar-refractivity contribution in [2.45, 2.75) is 18.9 Å². The molecule has 0 rings (SSSR count). The zero-order valence-electron chi connectivity index (χ0n) is 11.2. The summed E-state index contributed by atoms with van der Waals surface area (Å²) in [6.07, 6.45) is -0.0943. The van der Waals surface area contributed by atoms with E-state index in [4.69, 9.17) is 29.9 Å². The third-order valence-electron chi connectivity index (χ3n) is 2.93. The Hall–Kier alpha value is -0.280. The Morgan fingerprint density at radius 3 is 1.95 bits per heavy atom. The van der Waals surface area contributed by atoms with E-state index in [1.807, 2.05) is 0 Å². The lowest BCUT2D eigenvalue weighted by Crippen LogP contribution is -2.35.